The van der Waals surface area contributed by atoms with E-state index in [4.69, 9.17) is 16.7 Å². The molecule has 7 nitrogen and oxygen atoms in total. The van der Waals surface area contributed by atoms with Crippen molar-refractivity contribution in [1.82, 2.24) is 9.62 Å². The topological polar surface area (TPSA) is 104 Å². The number of nitrogens with zero attached hydrogens (tertiary/aromatic N) is 1. The Bertz CT molecular complexity index is 690. The molecule has 0 saturated carbocycles. The minimum absolute atomic E-state index is 0.0381. The van der Waals surface area contributed by atoms with E-state index in [0.29, 0.717) is 24.4 Å². The fourth-order valence-electron chi connectivity index (χ4n) is 2.44. The van der Waals surface area contributed by atoms with Crippen molar-refractivity contribution >= 4 is 33.5 Å². The molecular weight excluding hydrogens is 344 g/mol. The Balaban J connectivity index is 2.09. The maximum Gasteiger partial charge on any atom is 0.322 e. The molecule has 1 aliphatic heterocycles. The number of amides is 1. The van der Waals surface area contributed by atoms with Gasteiger partial charge in [-0.25, -0.2) is 8.42 Å². The molecule has 2 N–H and O–H groups in total. The fraction of sp³-hybridized carbons (Fsp3) is 0.429. The number of nitrogens with one attached hydrogen (secondary N) is 1. The van der Waals surface area contributed by atoms with Crippen molar-refractivity contribution in [2.24, 2.45) is 5.92 Å². The molecule has 1 fully saturated rings. The number of rotatable bonds is 5. The van der Waals surface area contributed by atoms with E-state index in [1.807, 2.05) is 0 Å². The lowest BCUT2D eigenvalue weighted by atomic mass is 9.99. The Morgan fingerprint density at radius 2 is 1.96 bits per heavy atom. The molecule has 0 spiro atoms. The smallest absolute Gasteiger partial charge is 0.322 e. The van der Waals surface area contributed by atoms with Crippen LogP contribution in [0.4, 0.5) is 0 Å². The van der Waals surface area contributed by atoms with Crippen LogP contribution in [0.25, 0.3) is 0 Å². The van der Waals surface area contributed by atoms with Crippen molar-refractivity contribution in [3.63, 3.8) is 0 Å². The Kier molecular flexibility index (Phi) is 5.61. The number of carboxylic acid groups (broad SMARTS) is 1. The van der Waals surface area contributed by atoms with Gasteiger partial charge in [-0.2, -0.15) is 4.31 Å². The molecule has 9 heteroatoms. The summed E-state index contributed by atoms with van der Waals surface area (Å²) in [5.74, 6) is -2.13. The van der Waals surface area contributed by atoms with E-state index >= 15 is 0 Å². The van der Waals surface area contributed by atoms with Gasteiger partial charge >= 0.3 is 5.97 Å². The van der Waals surface area contributed by atoms with E-state index in [1.54, 1.807) is 0 Å². The first-order valence-electron chi connectivity index (χ1n) is 7.06. The van der Waals surface area contributed by atoms with Gasteiger partial charge in [-0.1, -0.05) is 11.6 Å². The molecule has 0 aromatic heterocycles. The molecule has 1 aromatic rings. The molecule has 0 aliphatic carbocycles. The molecule has 1 amide bonds. The van der Waals surface area contributed by atoms with Gasteiger partial charge in [-0.05, 0) is 37.1 Å². The minimum Gasteiger partial charge on any atom is -0.480 e. The van der Waals surface area contributed by atoms with Gasteiger partial charge < -0.3 is 10.4 Å². The number of hydrogen-bond donors (Lipinski definition) is 2. The molecule has 126 valence electrons. The molecule has 1 aromatic carbocycles. The third-order valence-corrected chi connectivity index (χ3v) is 5.75. The first kappa shape index (κ1) is 17.7. The number of sulfonamides is 1. The van der Waals surface area contributed by atoms with E-state index in [1.165, 1.54) is 28.6 Å². The van der Waals surface area contributed by atoms with Crippen LogP contribution < -0.4 is 5.32 Å². The van der Waals surface area contributed by atoms with Crippen molar-refractivity contribution in [2.45, 2.75) is 17.7 Å². The monoisotopic (exact) mass is 360 g/mol. The summed E-state index contributed by atoms with van der Waals surface area (Å²) in [6, 6.07) is 5.84. The highest BCUT2D eigenvalue weighted by Gasteiger charge is 2.33. The van der Waals surface area contributed by atoms with Crippen LogP contribution in [-0.2, 0) is 19.6 Å². The summed E-state index contributed by atoms with van der Waals surface area (Å²) in [4.78, 5) is 22.6. The van der Waals surface area contributed by atoms with Crippen LogP contribution in [0.1, 0.15) is 12.8 Å². The highest BCUT2D eigenvalue weighted by atomic mass is 35.5. The van der Waals surface area contributed by atoms with Gasteiger partial charge in [-0.3, -0.25) is 9.59 Å². The number of aliphatic carboxylic acids is 1. The van der Waals surface area contributed by atoms with Crippen LogP contribution in [0.3, 0.4) is 0 Å². The lowest BCUT2D eigenvalue weighted by Crippen LogP contribution is -2.46. The SMILES string of the molecule is O=C(O)CNC(=O)[C@@H]1CCCN(S(=O)(=O)c2ccc(Cl)cc2)C1. The molecule has 0 unspecified atom stereocenters. The summed E-state index contributed by atoms with van der Waals surface area (Å²) >= 11 is 5.76. The number of piperidine rings is 1. The van der Waals surface area contributed by atoms with Crippen LogP contribution in [0.2, 0.25) is 5.02 Å². The molecule has 23 heavy (non-hydrogen) atoms. The Labute approximate surface area is 139 Å². The van der Waals surface area contributed by atoms with Crippen LogP contribution in [0.5, 0.6) is 0 Å². The van der Waals surface area contributed by atoms with Crippen molar-refractivity contribution < 1.29 is 23.1 Å². The molecule has 2 rings (SSSR count). The van der Waals surface area contributed by atoms with Crippen molar-refractivity contribution in [3.8, 4) is 0 Å². The second-order valence-corrected chi connectivity index (χ2v) is 7.64. The summed E-state index contributed by atoms with van der Waals surface area (Å²) in [7, 11) is -3.70. The normalized spacial score (nSPS) is 19.3. The largest absolute Gasteiger partial charge is 0.480 e. The number of hydrogen-bond acceptors (Lipinski definition) is 4. The van der Waals surface area contributed by atoms with E-state index < -0.39 is 34.4 Å². The fourth-order valence-corrected chi connectivity index (χ4v) is 4.09. The van der Waals surface area contributed by atoms with Crippen LogP contribution in [0.15, 0.2) is 29.2 Å². The Morgan fingerprint density at radius 3 is 2.57 bits per heavy atom. The standard InChI is InChI=1S/C14H17ClN2O5S/c15-11-3-5-12(6-4-11)23(21,22)17-7-1-2-10(9-17)14(20)16-8-13(18)19/h3-6,10H,1-2,7-9H2,(H,16,20)(H,18,19)/t10-/m1/s1. The van der Waals surface area contributed by atoms with Crippen LogP contribution in [-0.4, -0.2) is 49.3 Å². The van der Waals surface area contributed by atoms with E-state index in [0.717, 1.165) is 0 Å². The summed E-state index contributed by atoms with van der Waals surface area (Å²) in [5, 5.41) is 11.3. The first-order valence-corrected chi connectivity index (χ1v) is 8.87. The van der Waals surface area contributed by atoms with Gasteiger partial charge in [0, 0.05) is 18.1 Å². The molecule has 1 atom stereocenters. The van der Waals surface area contributed by atoms with Gasteiger partial charge in [0.05, 0.1) is 10.8 Å². The zero-order valence-electron chi connectivity index (χ0n) is 12.2. The predicted molar refractivity (Wildman–Crippen MR) is 83.6 cm³/mol. The zero-order valence-corrected chi connectivity index (χ0v) is 13.8. The second-order valence-electron chi connectivity index (χ2n) is 5.27. The number of benzene rings is 1. The van der Waals surface area contributed by atoms with E-state index in [2.05, 4.69) is 5.32 Å². The zero-order chi connectivity index (χ0) is 17.0. The first-order chi connectivity index (χ1) is 10.8. The van der Waals surface area contributed by atoms with Crippen LogP contribution >= 0.6 is 11.6 Å². The third kappa shape index (κ3) is 4.43. The van der Waals surface area contributed by atoms with Crippen molar-refractivity contribution in [3.05, 3.63) is 29.3 Å². The molecule has 1 aliphatic rings. The lowest BCUT2D eigenvalue weighted by Gasteiger charge is -2.31. The third-order valence-electron chi connectivity index (χ3n) is 3.62. The van der Waals surface area contributed by atoms with Crippen molar-refractivity contribution in [2.75, 3.05) is 19.6 Å². The number of carbonyl (C=O) groups is 2. The van der Waals surface area contributed by atoms with E-state index in [-0.39, 0.29) is 11.4 Å². The second kappa shape index (κ2) is 7.29. The maximum atomic E-state index is 12.6. The number of halogens is 1. The predicted octanol–water partition coefficient (Wildman–Crippen LogP) is 0.941. The molecule has 0 radical (unpaired) electrons. The van der Waals surface area contributed by atoms with Crippen molar-refractivity contribution in [1.29, 1.82) is 0 Å². The van der Waals surface area contributed by atoms with Gasteiger partial charge in [0.25, 0.3) is 0 Å². The molecule has 0 bridgehead atoms. The highest BCUT2D eigenvalue weighted by Crippen LogP contribution is 2.24. The maximum absolute atomic E-state index is 12.6. The summed E-state index contributed by atoms with van der Waals surface area (Å²) in [6.45, 7) is -0.108. The number of carbonyl (C=O) groups excluding carboxylic acids is 1. The number of carboxylic acids is 1. The average Bonchev–Trinajstić information content (AvgIpc) is 2.53. The highest BCUT2D eigenvalue weighted by molar-refractivity contribution is 7.89. The van der Waals surface area contributed by atoms with E-state index in [9.17, 15) is 18.0 Å². The minimum atomic E-state index is -3.70. The Morgan fingerprint density at radius 1 is 1.30 bits per heavy atom. The summed E-state index contributed by atoms with van der Waals surface area (Å²) in [6.07, 6.45) is 1.07. The average molecular weight is 361 g/mol. The summed E-state index contributed by atoms with van der Waals surface area (Å²) < 4.78 is 26.4. The molecule has 1 heterocycles. The van der Waals surface area contributed by atoms with Gasteiger partial charge in [0.1, 0.15) is 6.54 Å². The van der Waals surface area contributed by atoms with Gasteiger partial charge in [0.2, 0.25) is 15.9 Å². The Hall–Kier alpha value is -1.64. The van der Waals surface area contributed by atoms with Gasteiger partial charge in [-0.15, -0.1) is 0 Å². The lowest BCUT2D eigenvalue weighted by molar-refractivity contribution is -0.138. The van der Waals surface area contributed by atoms with Gasteiger partial charge in [0.15, 0.2) is 0 Å². The van der Waals surface area contributed by atoms with Crippen LogP contribution in [0, 0.1) is 5.92 Å². The summed E-state index contributed by atoms with van der Waals surface area (Å²) in [5.41, 5.74) is 0. The quantitative estimate of drug-likeness (QED) is 0.813. The molecular formula is C14H17ClN2O5S. The molecule has 1 saturated heterocycles.